The Hall–Kier alpha value is -1.90. The monoisotopic (exact) mass is 293 g/mol. The van der Waals surface area contributed by atoms with E-state index in [9.17, 15) is 9.18 Å². The van der Waals surface area contributed by atoms with E-state index in [-0.39, 0.29) is 23.6 Å². The van der Waals surface area contributed by atoms with Gasteiger partial charge in [0.05, 0.1) is 11.2 Å². The molecule has 0 aliphatic carbocycles. The van der Waals surface area contributed by atoms with Gasteiger partial charge in [-0.25, -0.2) is 4.39 Å². The smallest absolute Gasteiger partial charge is 0.251 e. The van der Waals surface area contributed by atoms with E-state index < -0.39 is 11.4 Å². The summed E-state index contributed by atoms with van der Waals surface area (Å²) in [5.74, 6) is 3.87. The number of aliphatic hydroxyl groups is 1. The van der Waals surface area contributed by atoms with Gasteiger partial charge in [0.25, 0.3) is 5.91 Å². The number of hydrogen-bond donors (Lipinski definition) is 2. The van der Waals surface area contributed by atoms with Crippen LogP contribution in [0.3, 0.4) is 0 Å². The molecular weight excluding hydrogens is 273 g/mol. The van der Waals surface area contributed by atoms with Gasteiger partial charge >= 0.3 is 0 Å². The van der Waals surface area contributed by atoms with Gasteiger partial charge in [-0.3, -0.25) is 4.79 Å². The number of halogens is 1. The average molecular weight is 293 g/mol. The van der Waals surface area contributed by atoms with E-state index in [2.05, 4.69) is 17.2 Å². The number of nitrogens with one attached hydrogen (secondary N) is 1. The fraction of sp³-hybridized carbons (Fsp3) is 0.438. The van der Waals surface area contributed by atoms with Crippen molar-refractivity contribution in [3.63, 3.8) is 0 Å². The predicted molar refractivity (Wildman–Crippen MR) is 78.4 cm³/mol. The highest BCUT2D eigenvalue weighted by Gasteiger charge is 2.19. The van der Waals surface area contributed by atoms with Crippen LogP contribution in [0.1, 0.15) is 36.7 Å². The van der Waals surface area contributed by atoms with Crippen LogP contribution >= 0.6 is 0 Å². The molecule has 0 saturated heterocycles. The van der Waals surface area contributed by atoms with Gasteiger partial charge < -0.3 is 15.2 Å². The fourth-order valence-electron chi connectivity index (χ4n) is 1.73. The molecule has 4 nitrogen and oxygen atoms in total. The Balaban J connectivity index is 2.73. The number of aliphatic hydroxyl groups excluding tert-OH is 1. The molecule has 0 unspecified atom stereocenters. The second-order valence-electron chi connectivity index (χ2n) is 5.03. The molecule has 1 amide bonds. The summed E-state index contributed by atoms with van der Waals surface area (Å²) in [6, 6.07) is 4.04. The SMILES string of the molecule is CCOC(C)(C)CNC(=O)c1ccc(C#CCO)c(F)c1. The van der Waals surface area contributed by atoms with Crippen LogP contribution in [-0.4, -0.2) is 36.4 Å². The van der Waals surface area contributed by atoms with Crippen LogP contribution in [0.15, 0.2) is 18.2 Å². The zero-order valence-corrected chi connectivity index (χ0v) is 12.5. The summed E-state index contributed by atoms with van der Waals surface area (Å²) in [5.41, 5.74) is -0.111. The summed E-state index contributed by atoms with van der Waals surface area (Å²) in [4.78, 5) is 12.0. The number of hydrogen-bond acceptors (Lipinski definition) is 3. The zero-order chi connectivity index (χ0) is 15.9. The van der Waals surface area contributed by atoms with Crippen molar-refractivity contribution in [2.45, 2.75) is 26.4 Å². The van der Waals surface area contributed by atoms with Crippen molar-refractivity contribution in [2.75, 3.05) is 19.8 Å². The normalized spacial score (nSPS) is 10.7. The third-order valence-corrected chi connectivity index (χ3v) is 2.74. The fourth-order valence-corrected chi connectivity index (χ4v) is 1.73. The van der Waals surface area contributed by atoms with Gasteiger partial charge in [0, 0.05) is 18.7 Å². The number of ether oxygens (including phenoxy) is 1. The molecule has 0 spiro atoms. The van der Waals surface area contributed by atoms with E-state index in [1.807, 2.05) is 20.8 Å². The number of carbonyl (C=O) groups is 1. The van der Waals surface area contributed by atoms with Crippen LogP contribution < -0.4 is 5.32 Å². The molecule has 0 bridgehead atoms. The molecule has 0 heterocycles. The van der Waals surface area contributed by atoms with Gasteiger partial charge in [-0.1, -0.05) is 11.8 Å². The first kappa shape index (κ1) is 17.2. The first-order valence-electron chi connectivity index (χ1n) is 6.71. The van der Waals surface area contributed by atoms with Crippen LogP contribution in [0.2, 0.25) is 0 Å². The summed E-state index contributed by atoms with van der Waals surface area (Å²) >= 11 is 0. The van der Waals surface area contributed by atoms with Gasteiger partial charge in [0.2, 0.25) is 0 Å². The molecule has 21 heavy (non-hydrogen) atoms. The molecule has 0 aromatic heterocycles. The highest BCUT2D eigenvalue weighted by atomic mass is 19.1. The van der Waals surface area contributed by atoms with Crippen LogP contribution in [0.25, 0.3) is 0 Å². The van der Waals surface area contributed by atoms with Crippen molar-refractivity contribution in [1.29, 1.82) is 0 Å². The minimum absolute atomic E-state index is 0.148. The summed E-state index contributed by atoms with van der Waals surface area (Å²) in [6.07, 6.45) is 0. The van der Waals surface area contributed by atoms with Gasteiger partial charge in [0.1, 0.15) is 12.4 Å². The molecule has 0 fully saturated rings. The Morgan fingerprint density at radius 1 is 1.48 bits per heavy atom. The lowest BCUT2D eigenvalue weighted by molar-refractivity contribution is -0.00815. The Kier molecular flexibility index (Phi) is 6.35. The molecule has 114 valence electrons. The van der Waals surface area contributed by atoms with E-state index in [4.69, 9.17) is 9.84 Å². The maximum Gasteiger partial charge on any atom is 0.251 e. The average Bonchev–Trinajstić information content (AvgIpc) is 2.43. The van der Waals surface area contributed by atoms with Crippen molar-refractivity contribution in [1.82, 2.24) is 5.32 Å². The molecule has 0 saturated carbocycles. The Bertz CT molecular complexity index is 558. The maximum absolute atomic E-state index is 13.7. The molecule has 1 rings (SSSR count). The van der Waals surface area contributed by atoms with Gasteiger partial charge in [-0.15, -0.1) is 0 Å². The molecule has 2 N–H and O–H groups in total. The number of benzene rings is 1. The summed E-state index contributed by atoms with van der Waals surface area (Å²) < 4.78 is 19.2. The Morgan fingerprint density at radius 2 is 2.19 bits per heavy atom. The first-order chi connectivity index (χ1) is 9.89. The summed E-state index contributed by atoms with van der Waals surface area (Å²) in [5, 5.41) is 11.3. The summed E-state index contributed by atoms with van der Waals surface area (Å²) in [6.45, 7) is 6.15. The zero-order valence-electron chi connectivity index (χ0n) is 12.5. The molecule has 0 aliphatic heterocycles. The van der Waals surface area contributed by atoms with E-state index >= 15 is 0 Å². The third-order valence-electron chi connectivity index (χ3n) is 2.74. The lowest BCUT2D eigenvalue weighted by Crippen LogP contribution is -2.40. The molecule has 0 radical (unpaired) electrons. The molecule has 5 heteroatoms. The van der Waals surface area contributed by atoms with Gasteiger partial charge in [-0.05, 0) is 39.0 Å². The van der Waals surface area contributed by atoms with Crippen LogP contribution in [0.5, 0.6) is 0 Å². The highest BCUT2D eigenvalue weighted by molar-refractivity contribution is 5.94. The van der Waals surface area contributed by atoms with E-state index in [0.29, 0.717) is 13.2 Å². The lowest BCUT2D eigenvalue weighted by Gasteiger charge is -2.24. The van der Waals surface area contributed by atoms with Crippen molar-refractivity contribution >= 4 is 5.91 Å². The van der Waals surface area contributed by atoms with Crippen LogP contribution in [-0.2, 0) is 4.74 Å². The Labute approximate surface area is 124 Å². The Morgan fingerprint density at radius 3 is 2.76 bits per heavy atom. The molecule has 0 atom stereocenters. The summed E-state index contributed by atoms with van der Waals surface area (Å²) in [7, 11) is 0. The molecule has 1 aromatic carbocycles. The standard InChI is InChI=1S/C16H20FNO3/c1-4-21-16(2,3)11-18-15(20)13-8-7-12(6-5-9-19)14(17)10-13/h7-8,10,19H,4,9,11H2,1-3H3,(H,18,20). The van der Waals surface area contributed by atoms with E-state index in [1.165, 1.54) is 12.1 Å². The van der Waals surface area contributed by atoms with Gasteiger partial charge in [0.15, 0.2) is 0 Å². The number of rotatable bonds is 5. The number of amides is 1. The van der Waals surface area contributed by atoms with Gasteiger partial charge in [-0.2, -0.15) is 0 Å². The van der Waals surface area contributed by atoms with Crippen molar-refractivity contribution < 1.29 is 19.0 Å². The van der Waals surface area contributed by atoms with E-state index in [1.54, 1.807) is 0 Å². The molecule has 1 aromatic rings. The molecule has 0 aliphatic rings. The first-order valence-corrected chi connectivity index (χ1v) is 6.71. The number of carbonyl (C=O) groups excluding carboxylic acids is 1. The second kappa shape index (κ2) is 7.77. The minimum atomic E-state index is -0.590. The third kappa shape index (κ3) is 5.54. The van der Waals surface area contributed by atoms with E-state index in [0.717, 1.165) is 6.07 Å². The quantitative estimate of drug-likeness (QED) is 0.813. The van der Waals surface area contributed by atoms with Crippen LogP contribution in [0.4, 0.5) is 4.39 Å². The van der Waals surface area contributed by atoms with Crippen molar-refractivity contribution in [3.05, 3.63) is 35.1 Å². The lowest BCUT2D eigenvalue weighted by atomic mass is 10.1. The topological polar surface area (TPSA) is 58.6 Å². The molecular formula is C16H20FNO3. The minimum Gasteiger partial charge on any atom is -0.384 e. The van der Waals surface area contributed by atoms with Crippen LogP contribution in [0, 0.1) is 17.7 Å². The van der Waals surface area contributed by atoms with Crippen molar-refractivity contribution in [3.8, 4) is 11.8 Å². The van der Waals surface area contributed by atoms with Crippen molar-refractivity contribution in [2.24, 2.45) is 0 Å². The second-order valence-corrected chi connectivity index (χ2v) is 5.03. The predicted octanol–water partition coefficient (Wildman–Crippen LogP) is 1.71. The maximum atomic E-state index is 13.7. The highest BCUT2D eigenvalue weighted by Crippen LogP contribution is 2.11. The largest absolute Gasteiger partial charge is 0.384 e.